The van der Waals surface area contributed by atoms with Gasteiger partial charge in [-0.3, -0.25) is 35.8 Å². The summed E-state index contributed by atoms with van der Waals surface area (Å²) in [4.78, 5) is 33.8. The Hall–Kier alpha value is -4.35. The molecular formula is C16H12N6O6. The maximum Gasteiger partial charge on any atom is 0.301 e. The number of non-ortho nitro benzene ring substituents is 2. The summed E-state index contributed by atoms with van der Waals surface area (Å²) in [6.07, 6.45) is 1.41. The van der Waals surface area contributed by atoms with E-state index < -0.39 is 26.1 Å². The van der Waals surface area contributed by atoms with Crippen LogP contribution in [0, 0.1) is 37.3 Å². The number of aryl methyl sites for hydroxylation is 1. The third-order valence-corrected chi connectivity index (χ3v) is 4.00. The molecule has 2 aromatic carbocycles. The Labute approximate surface area is 155 Å². The van der Waals surface area contributed by atoms with Crippen LogP contribution in [0.15, 0.2) is 41.5 Å². The lowest BCUT2D eigenvalue weighted by Gasteiger charge is -2.02. The number of fused-ring (bicyclic) bond motifs is 1. The second-order valence-corrected chi connectivity index (χ2v) is 5.74. The van der Waals surface area contributed by atoms with Crippen LogP contribution in [-0.4, -0.2) is 26.0 Å². The molecule has 0 amide bonds. The minimum atomic E-state index is -0.749. The zero-order valence-corrected chi connectivity index (χ0v) is 14.3. The Morgan fingerprint density at radius 2 is 1.61 bits per heavy atom. The van der Waals surface area contributed by atoms with Crippen LogP contribution in [0.2, 0.25) is 0 Å². The van der Waals surface area contributed by atoms with E-state index in [1.807, 2.05) is 0 Å². The van der Waals surface area contributed by atoms with E-state index in [0.29, 0.717) is 22.2 Å². The fourth-order valence-corrected chi connectivity index (χ4v) is 2.67. The maximum atomic E-state index is 11.1. The highest BCUT2D eigenvalue weighted by molar-refractivity contribution is 6.01. The molecule has 0 atom stereocenters. The molecule has 1 aromatic heterocycles. The molecule has 0 aliphatic heterocycles. The minimum absolute atomic E-state index is 0.0139. The molecular weight excluding hydrogens is 372 g/mol. The number of anilines is 1. The van der Waals surface area contributed by atoms with Crippen LogP contribution >= 0.6 is 0 Å². The Kier molecular flexibility index (Phi) is 4.68. The fraction of sp³-hybridized carbons (Fsp3) is 0.0625. The van der Waals surface area contributed by atoms with Gasteiger partial charge in [-0.1, -0.05) is 0 Å². The van der Waals surface area contributed by atoms with Crippen molar-refractivity contribution in [1.29, 1.82) is 0 Å². The summed E-state index contributed by atoms with van der Waals surface area (Å²) in [6, 6.07) is 7.50. The first-order valence-electron chi connectivity index (χ1n) is 7.76. The first kappa shape index (κ1) is 18.4. The molecule has 3 rings (SSSR count). The highest BCUT2D eigenvalue weighted by Gasteiger charge is 2.19. The van der Waals surface area contributed by atoms with Crippen LogP contribution in [-0.2, 0) is 0 Å². The van der Waals surface area contributed by atoms with Gasteiger partial charge in [0.05, 0.1) is 32.6 Å². The molecule has 0 spiro atoms. The average molecular weight is 384 g/mol. The van der Waals surface area contributed by atoms with E-state index in [2.05, 4.69) is 15.5 Å². The Morgan fingerprint density at radius 1 is 0.964 bits per heavy atom. The first-order valence-corrected chi connectivity index (χ1v) is 7.76. The number of rotatable bonds is 6. The molecule has 3 aromatic rings. The SMILES string of the molecule is Cc1[nH]c2cc([N+](=O)[O-])ccc2c1/C=N/Nc1ccc([N+](=O)[O-])cc1[N+](=O)[O-]. The third-order valence-electron chi connectivity index (χ3n) is 4.00. The number of nitro groups is 3. The van der Waals surface area contributed by atoms with E-state index in [1.54, 1.807) is 13.0 Å². The molecule has 0 radical (unpaired) electrons. The van der Waals surface area contributed by atoms with Crippen LogP contribution < -0.4 is 5.43 Å². The summed E-state index contributed by atoms with van der Waals surface area (Å²) >= 11 is 0. The van der Waals surface area contributed by atoms with Gasteiger partial charge in [0.15, 0.2) is 0 Å². The summed E-state index contributed by atoms with van der Waals surface area (Å²) in [7, 11) is 0. The molecule has 0 fully saturated rings. The molecule has 0 bridgehead atoms. The van der Waals surface area contributed by atoms with Crippen LogP contribution in [0.1, 0.15) is 11.3 Å². The van der Waals surface area contributed by atoms with Gasteiger partial charge in [-0.25, -0.2) is 0 Å². The maximum absolute atomic E-state index is 11.1. The highest BCUT2D eigenvalue weighted by atomic mass is 16.6. The summed E-state index contributed by atoms with van der Waals surface area (Å²) in [5.74, 6) is 0. The second-order valence-electron chi connectivity index (χ2n) is 5.74. The number of nitrogens with zero attached hydrogens (tertiary/aromatic N) is 4. The molecule has 0 aliphatic carbocycles. The Morgan fingerprint density at radius 3 is 2.25 bits per heavy atom. The quantitative estimate of drug-likeness (QED) is 0.371. The van der Waals surface area contributed by atoms with Crippen molar-refractivity contribution in [1.82, 2.24) is 4.98 Å². The molecule has 0 saturated carbocycles. The van der Waals surface area contributed by atoms with Crippen LogP contribution in [0.4, 0.5) is 22.7 Å². The Balaban J connectivity index is 1.91. The lowest BCUT2D eigenvalue weighted by molar-refractivity contribution is -0.393. The molecule has 142 valence electrons. The predicted molar refractivity (Wildman–Crippen MR) is 101 cm³/mol. The summed E-state index contributed by atoms with van der Waals surface area (Å²) < 4.78 is 0. The van der Waals surface area contributed by atoms with Gasteiger partial charge in [-0.05, 0) is 19.1 Å². The van der Waals surface area contributed by atoms with Crippen molar-refractivity contribution in [3.63, 3.8) is 0 Å². The van der Waals surface area contributed by atoms with E-state index in [4.69, 9.17) is 0 Å². The van der Waals surface area contributed by atoms with Crippen LogP contribution in [0.3, 0.4) is 0 Å². The molecule has 12 heteroatoms. The smallest absolute Gasteiger partial charge is 0.301 e. The monoisotopic (exact) mass is 384 g/mol. The van der Waals surface area contributed by atoms with E-state index >= 15 is 0 Å². The van der Waals surface area contributed by atoms with Gasteiger partial charge in [0.1, 0.15) is 5.69 Å². The molecule has 0 unspecified atom stereocenters. The number of hydrazone groups is 1. The van der Waals surface area contributed by atoms with Gasteiger partial charge >= 0.3 is 5.69 Å². The minimum Gasteiger partial charge on any atom is -0.358 e. The van der Waals surface area contributed by atoms with Gasteiger partial charge in [0.2, 0.25) is 0 Å². The molecule has 0 aliphatic rings. The van der Waals surface area contributed by atoms with Gasteiger partial charge in [0.25, 0.3) is 11.4 Å². The van der Waals surface area contributed by atoms with Crippen LogP contribution in [0.5, 0.6) is 0 Å². The van der Waals surface area contributed by atoms with Gasteiger partial charge < -0.3 is 4.98 Å². The van der Waals surface area contributed by atoms with Crippen molar-refractivity contribution < 1.29 is 14.8 Å². The summed E-state index contributed by atoms with van der Waals surface area (Å²) in [5, 5.41) is 37.4. The lowest BCUT2D eigenvalue weighted by atomic mass is 10.1. The van der Waals surface area contributed by atoms with Crippen molar-refractivity contribution >= 4 is 39.9 Å². The molecule has 1 heterocycles. The Bertz CT molecular complexity index is 1150. The third kappa shape index (κ3) is 3.46. The highest BCUT2D eigenvalue weighted by Crippen LogP contribution is 2.29. The van der Waals surface area contributed by atoms with Crippen molar-refractivity contribution in [2.24, 2.45) is 5.10 Å². The molecule has 12 nitrogen and oxygen atoms in total. The van der Waals surface area contributed by atoms with Gasteiger partial charge in [0, 0.05) is 34.8 Å². The van der Waals surface area contributed by atoms with Crippen LogP contribution in [0.25, 0.3) is 10.9 Å². The molecule has 28 heavy (non-hydrogen) atoms. The van der Waals surface area contributed by atoms with E-state index in [0.717, 1.165) is 12.1 Å². The number of H-pyrrole nitrogens is 1. The van der Waals surface area contributed by atoms with Gasteiger partial charge in [-0.2, -0.15) is 5.10 Å². The largest absolute Gasteiger partial charge is 0.358 e. The predicted octanol–water partition coefficient (Wildman–Crippen LogP) is 3.65. The number of hydrogen-bond donors (Lipinski definition) is 2. The van der Waals surface area contributed by atoms with Gasteiger partial charge in [-0.15, -0.1) is 0 Å². The molecule has 0 saturated heterocycles. The van der Waals surface area contributed by atoms with Crippen molar-refractivity contribution in [2.75, 3.05) is 5.43 Å². The zero-order valence-electron chi connectivity index (χ0n) is 14.3. The fourth-order valence-electron chi connectivity index (χ4n) is 2.67. The molecule has 2 N–H and O–H groups in total. The van der Waals surface area contributed by atoms with Crippen molar-refractivity contribution in [3.8, 4) is 0 Å². The number of nitrogens with one attached hydrogen (secondary N) is 2. The van der Waals surface area contributed by atoms with Crippen molar-refractivity contribution in [2.45, 2.75) is 6.92 Å². The normalized spacial score (nSPS) is 11.0. The number of aromatic nitrogens is 1. The van der Waals surface area contributed by atoms with E-state index in [9.17, 15) is 30.3 Å². The average Bonchev–Trinajstić information content (AvgIpc) is 2.96. The summed E-state index contributed by atoms with van der Waals surface area (Å²) in [6.45, 7) is 1.75. The van der Waals surface area contributed by atoms with E-state index in [-0.39, 0.29) is 11.4 Å². The zero-order chi connectivity index (χ0) is 20.4. The number of hydrogen-bond acceptors (Lipinski definition) is 8. The van der Waals surface area contributed by atoms with Crippen molar-refractivity contribution in [3.05, 3.63) is 78.0 Å². The van der Waals surface area contributed by atoms with E-state index in [1.165, 1.54) is 24.4 Å². The first-order chi connectivity index (χ1) is 13.3. The lowest BCUT2D eigenvalue weighted by Crippen LogP contribution is -1.99. The second kappa shape index (κ2) is 7.11. The summed E-state index contributed by atoms with van der Waals surface area (Å²) in [5.41, 5.74) is 3.42. The number of nitro benzene ring substituents is 3. The number of aromatic amines is 1. The topological polar surface area (TPSA) is 170 Å². The standard InChI is InChI=1S/C16H12N6O6/c1-9-13(12-4-2-10(20(23)24)6-15(12)18-9)8-17-19-14-5-3-11(21(25)26)7-16(14)22(27)28/h2-8,18-19H,1H3/b17-8+. The number of benzene rings is 2.